The van der Waals surface area contributed by atoms with Gasteiger partial charge in [0.1, 0.15) is 0 Å². The van der Waals surface area contributed by atoms with E-state index in [9.17, 15) is 0 Å². The molecule has 0 saturated heterocycles. The summed E-state index contributed by atoms with van der Waals surface area (Å²) >= 11 is 5.31. The molecule has 96 valence electrons. The zero-order valence-electron chi connectivity index (χ0n) is 10.3. The summed E-state index contributed by atoms with van der Waals surface area (Å²) < 4.78 is 8.42. The number of ether oxygens (including phenoxy) is 1. The SMILES string of the molecule is S=c1[nH]c2cccnc2n1CCCOCC1CC1. The largest absolute Gasteiger partial charge is 0.381 e. The van der Waals surface area contributed by atoms with Crippen molar-refractivity contribution in [2.75, 3.05) is 13.2 Å². The number of hydrogen-bond acceptors (Lipinski definition) is 3. The topological polar surface area (TPSA) is 42.8 Å². The van der Waals surface area contributed by atoms with Crippen molar-refractivity contribution in [1.29, 1.82) is 0 Å². The third-order valence-electron chi connectivity index (χ3n) is 3.25. The second-order valence-electron chi connectivity index (χ2n) is 4.83. The number of nitrogens with zero attached hydrogens (tertiary/aromatic N) is 2. The Kier molecular flexibility index (Phi) is 3.43. The first-order valence-corrected chi connectivity index (χ1v) is 6.87. The molecule has 1 fully saturated rings. The van der Waals surface area contributed by atoms with Crippen LogP contribution in [-0.4, -0.2) is 27.7 Å². The minimum absolute atomic E-state index is 0.742. The Morgan fingerprint density at radius 3 is 3.22 bits per heavy atom. The van der Waals surface area contributed by atoms with Crippen molar-refractivity contribution in [3.05, 3.63) is 23.1 Å². The van der Waals surface area contributed by atoms with Gasteiger partial charge in [0.05, 0.1) is 5.52 Å². The number of fused-ring (bicyclic) bond motifs is 1. The summed E-state index contributed by atoms with van der Waals surface area (Å²) in [7, 11) is 0. The molecule has 0 spiro atoms. The number of pyridine rings is 1. The van der Waals surface area contributed by atoms with Crippen LogP contribution in [0.4, 0.5) is 0 Å². The molecule has 0 amide bonds. The molecule has 0 aliphatic heterocycles. The highest BCUT2D eigenvalue weighted by atomic mass is 32.1. The molecule has 4 nitrogen and oxygen atoms in total. The fourth-order valence-corrected chi connectivity index (χ4v) is 2.34. The lowest BCUT2D eigenvalue weighted by atomic mass is 10.4. The second kappa shape index (κ2) is 5.20. The number of rotatable bonds is 6. The van der Waals surface area contributed by atoms with Crippen LogP contribution in [0.2, 0.25) is 0 Å². The van der Waals surface area contributed by atoms with Gasteiger partial charge in [0.2, 0.25) is 0 Å². The van der Waals surface area contributed by atoms with Crippen LogP contribution in [0.15, 0.2) is 18.3 Å². The number of aromatic nitrogens is 3. The van der Waals surface area contributed by atoms with Crippen molar-refractivity contribution in [3.63, 3.8) is 0 Å². The standard InChI is InChI=1S/C13H17N3OS/c18-13-15-11-3-1-6-14-12(11)16(13)7-2-8-17-9-10-4-5-10/h1,3,6,10H,2,4-5,7-9H2,(H,15,18). The molecule has 0 atom stereocenters. The zero-order valence-corrected chi connectivity index (χ0v) is 11.1. The van der Waals surface area contributed by atoms with E-state index in [1.165, 1.54) is 12.8 Å². The number of aryl methyl sites for hydroxylation is 1. The van der Waals surface area contributed by atoms with E-state index in [1.54, 1.807) is 6.20 Å². The van der Waals surface area contributed by atoms with E-state index in [0.717, 1.165) is 48.0 Å². The first-order valence-electron chi connectivity index (χ1n) is 6.46. The number of imidazole rings is 1. The van der Waals surface area contributed by atoms with Crippen LogP contribution in [0, 0.1) is 10.7 Å². The van der Waals surface area contributed by atoms with Crippen molar-refractivity contribution in [2.45, 2.75) is 25.8 Å². The van der Waals surface area contributed by atoms with Gasteiger partial charge in [0.25, 0.3) is 0 Å². The average Bonchev–Trinajstić information content (AvgIpc) is 3.13. The normalized spacial score (nSPS) is 15.3. The van der Waals surface area contributed by atoms with Gasteiger partial charge in [-0.05, 0) is 49.5 Å². The monoisotopic (exact) mass is 263 g/mol. The molecule has 1 saturated carbocycles. The lowest BCUT2D eigenvalue weighted by molar-refractivity contribution is 0.119. The first-order chi connectivity index (χ1) is 8.84. The minimum Gasteiger partial charge on any atom is -0.381 e. The Labute approximate surface area is 111 Å². The van der Waals surface area contributed by atoms with Crippen LogP contribution in [0.3, 0.4) is 0 Å². The maximum absolute atomic E-state index is 5.63. The van der Waals surface area contributed by atoms with E-state index < -0.39 is 0 Å². The molecular formula is C13H17N3OS. The predicted molar refractivity (Wildman–Crippen MR) is 73.1 cm³/mol. The molecule has 2 aromatic heterocycles. The van der Waals surface area contributed by atoms with Gasteiger partial charge in [-0.3, -0.25) is 0 Å². The molecule has 5 heteroatoms. The van der Waals surface area contributed by atoms with Crippen molar-refractivity contribution >= 4 is 23.4 Å². The molecule has 18 heavy (non-hydrogen) atoms. The summed E-state index contributed by atoms with van der Waals surface area (Å²) in [6.07, 6.45) is 5.46. The summed E-state index contributed by atoms with van der Waals surface area (Å²) in [5.41, 5.74) is 1.94. The molecule has 2 heterocycles. The first kappa shape index (κ1) is 11.9. The van der Waals surface area contributed by atoms with Crippen LogP contribution in [0.5, 0.6) is 0 Å². The van der Waals surface area contributed by atoms with Gasteiger partial charge in [0.15, 0.2) is 10.4 Å². The average molecular weight is 263 g/mol. The lowest BCUT2D eigenvalue weighted by Crippen LogP contribution is -2.05. The van der Waals surface area contributed by atoms with Crippen LogP contribution in [0.25, 0.3) is 11.2 Å². The third-order valence-corrected chi connectivity index (χ3v) is 3.57. The van der Waals surface area contributed by atoms with Crippen molar-refractivity contribution in [3.8, 4) is 0 Å². The van der Waals surface area contributed by atoms with Crippen molar-refractivity contribution in [2.24, 2.45) is 5.92 Å². The zero-order chi connectivity index (χ0) is 12.4. The maximum atomic E-state index is 5.63. The van der Waals surface area contributed by atoms with Gasteiger partial charge in [-0.25, -0.2) is 4.98 Å². The Bertz CT molecular complexity index is 585. The quantitative estimate of drug-likeness (QED) is 0.643. The molecule has 3 rings (SSSR count). The second-order valence-corrected chi connectivity index (χ2v) is 5.21. The highest BCUT2D eigenvalue weighted by Gasteiger charge is 2.20. The Balaban J connectivity index is 1.59. The summed E-state index contributed by atoms with van der Waals surface area (Å²) in [5, 5.41) is 0. The molecule has 1 N–H and O–H groups in total. The molecule has 2 aromatic rings. The van der Waals surface area contributed by atoms with Gasteiger partial charge in [-0.1, -0.05) is 0 Å². The van der Waals surface area contributed by atoms with E-state index >= 15 is 0 Å². The fourth-order valence-electron chi connectivity index (χ4n) is 2.06. The van der Waals surface area contributed by atoms with E-state index in [-0.39, 0.29) is 0 Å². The molecular weight excluding hydrogens is 246 g/mol. The summed E-state index contributed by atoms with van der Waals surface area (Å²) in [4.78, 5) is 7.53. The summed E-state index contributed by atoms with van der Waals surface area (Å²) in [6, 6.07) is 3.91. The van der Waals surface area contributed by atoms with Gasteiger partial charge < -0.3 is 14.3 Å². The Morgan fingerprint density at radius 1 is 1.50 bits per heavy atom. The van der Waals surface area contributed by atoms with E-state index in [0.29, 0.717) is 0 Å². The van der Waals surface area contributed by atoms with Crippen molar-refractivity contribution in [1.82, 2.24) is 14.5 Å². The van der Waals surface area contributed by atoms with Crippen LogP contribution in [0.1, 0.15) is 19.3 Å². The van der Waals surface area contributed by atoms with Crippen molar-refractivity contribution < 1.29 is 4.74 Å². The van der Waals surface area contributed by atoms with Crippen LogP contribution >= 0.6 is 12.2 Å². The molecule has 0 radical (unpaired) electrons. The molecule has 0 aromatic carbocycles. The van der Waals surface area contributed by atoms with Crippen LogP contribution in [-0.2, 0) is 11.3 Å². The Morgan fingerprint density at radius 2 is 2.39 bits per heavy atom. The molecule has 1 aliphatic rings. The van der Waals surface area contributed by atoms with Gasteiger partial charge in [-0.2, -0.15) is 0 Å². The van der Waals surface area contributed by atoms with E-state index in [1.807, 2.05) is 16.7 Å². The van der Waals surface area contributed by atoms with Gasteiger partial charge in [0, 0.05) is 26.0 Å². The van der Waals surface area contributed by atoms with Crippen LogP contribution < -0.4 is 0 Å². The molecule has 0 unspecified atom stereocenters. The molecule has 1 aliphatic carbocycles. The third kappa shape index (κ3) is 2.62. The fraction of sp³-hybridized carbons (Fsp3) is 0.538. The predicted octanol–water partition coefficient (Wildman–Crippen LogP) is 2.91. The highest BCUT2D eigenvalue weighted by molar-refractivity contribution is 7.71. The number of aromatic amines is 1. The molecule has 0 bridgehead atoms. The maximum Gasteiger partial charge on any atom is 0.179 e. The number of nitrogens with one attached hydrogen (secondary N) is 1. The highest BCUT2D eigenvalue weighted by Crippen LogP contribution is 2.28. The summed E-state index contributed by atoms with van der Waals surface area (Å²) in [6.45, 7) is 2.59. The van der Waals surface area contributed by atoms with E-state index in [2.05, 4.69) is 9.97 Å². The Hall–Kier alpha value is -1.20. The number of hydrogen-bond donors (Lipinski definition) is 1. The van der Waals surface area contributed by atoms with Gasteiger partial charge >= 0.3 is 0 Å². The lowest BCUT2D eigenvalue weighted by Gasteiger charge is -2.05. The number of H-pyrrole nitrogens is 1. The van der Waals surface area contributed by atoms with E-state index in [4.69, 9.17) is 17.0 Å². The van der Waals surface area contributed by atoms with Gasteiger partial charge in [-0.15, -0.1) is 0 Å². The summed E-state index contributed by atoms with van der Waals surface area (Å²) in [5.74, 6) is 0.835. The minimum atomic E-state index is 0.742. The smallest absolute Gasteiger partial charge is 0.179 e.